The van der Waals surface area contributed by atoms with Gasteiger partial charge in [-0.15, -0.1) is 0 Å². The van der Waals surface area contributed by atoms with Gasteiger partial charge in [0, 0.05) is 17.5 Å². The number of aliphatic hydroxyl groups excluding tert-OH is 2. The van der Waals surface area contributed by atoms with Crippen molar-refractivity contribution in [3.05, 3.63) is 35.7 Å². The minimum atomic E-state index is -1.55. The molecule has 6 N–H and O–H groups in total. The van der Waals surface area contributed by atoms with E-state index in [0.717, 1.165) is 0 Å². The second-order valence-corrected chi connectivity index (χ2v) is 14.6. The van der Waals surface area contributed by atoms with Crippen molar-refractivity contribution in [1.29, 1.82) is 0 Å². The van der Waals surface area contributed by atoms with Crippen LogP contribution < -0.4 is 0 Å². The lowest BCUT2D eigenvalue weighted by Gasteiger charge is -2.60. The Labute approximate surface area is 242 Å². The number of carbonyl (C=O) groups is 2. The number of aliphatic hydroxyl groups is 5. The lowest BCUT2D eigenvalue weighted by Crippen LogP contribution is -2.63. The Bertz CT molecular complexity index is 1200. The van der Waals surface area contributed by atoms with Crippen molar-refractivity contribution in [3.8, 4) is 0 Å². The fourth-order valence-electron chi connectivity index (χ4n) is 9.14. The van der Waals surface area contributed by atoms with E-state index in [9.17, 15) is 35.1 Å². The molecule has 0 amide bonds. The SMILES string of the molecule is CC(C)(O)CC[C@@H](OC(=O)c1ccc[nH]1)[C@](C)(O)[C@H]1CC[C@@]2(O)C3=CC(=O)[C@H]4C[C@@H](O)[C@@H](O)C[C@]4(C)[C@H]3CC[C@]12C. The molecular weight excluding hydrogens is 526 g/mol. The van der Waals surface area contributed by atoms with E-state index in [1.54, 1.807) is 45.2 Å². The zero-order valence-corrected chi connectivity index (χ0v) is 24.9. The Kier molecular flexibility index (Phi) is 7.43. The Balaban J connectivity index is 1.48. The molecule has 10 atom stereocenters. The van der Waals surface area contributed by atoms with Gasteiger partial charge < -0.3 is 35.3 Å². The maximum Gasteiger partial charge on any atom is 0.355 e. The minimum Gasteiger partial charge on any atom is -0.455 e. The molecule has 4 aliphatic carbocycles. The first-order valence-electron chi connectivity index (χ1n) is 15.1. The van der Waals surface area contributed by atoms with Crippen molar-refractivity contribution >= 4 is 11.8 Å². The summed E-state index contributed by atoms with van der Waals surface area (Å²) >= 11 is 0. The molecule has 228 valence electrons. The molecule has 0 saturated heterocycles. The Hall–Kier alpha value is -2.04. The third-order valence-electron chi connectivity index (χ3n) is 11.6. The molecule has 3 fully saturated rings. The van der Waals surface area contributed by atoms with Gasteiger partial charge in [-0.05, 0) is 113 Å². The normalized spacial score (nSPS) is 41.0. The molecule has 0 radical (unpaired) electrons. The summed E-state index contributed by atoms with van der Waals surface area (Å²) in [6.45, 7) is 8.97. The molecule has 9 nitrogen and oxygen atoms in total. The third-order valence-corrected chi connectivity index (χ3v) is 11.6. The molecular formula is C32H47NO8. The summed E-state index contributed by atoms with van der Waals surface area (Å²) in [4.78, 5) is 29.3. The fourth-order valence-corrected chi connectivity index (χ4v) is 9.14. The molecule has 1 heterocycles. The third kappa shape index (κ3) is 4.82. The van der Waals surface area contributed by atoms with Gasteiger partial charge >= 0.3 is 5.97 Å². The molecule has 3 saturated carbocycles. The standard InChI is InChI=1S/C32H47NO8/c1-28(2,38)11-10-26(41-27(37)21-7-6-14-33-21)31(5,39)25-9-13-32(40)19-15-22(34)20-16-23(35)24(36)17-29(20,3)18(19)8-12-30(25,32)4/h6-7,14-15,18,20,23-26,33,35-36,38-40H,8-13,16-17H2,1-5H3/t18-,20+,23+,24-,25-,26+,29+,30+,31+,32+/m0/s1. The number of aromatic nitrogens is 1. The van der Waals surface area contributed by atoms with E-state index >= 15 is 0 Å². The first kappa shape index (κ1) is 30.4. The van der Waals surface area contributed by atoms with E-state index in [0.29, 0.717) is 31.3 Å². The van der Waals surface area contributed by atoms with Crippen LogP contribution in [0.2, 0.25) is 0 Å². The number of ketones is 1. The Morgan fingerprint density at radius 2 is 1.83 bits per heavy atom. The summed E-state index contributed by atoms with van der Waals surface area (Å²) in [6, 6.07) is 3.29. The largest absolute Gasteiger partial charge is 0.455 e. The van der Waals surface area contributed by atoms with Gasteiger partial charge in [-0.25, -0.2) is 4.79 Å². The van der Waals surface area contributed by atoms with Crippen LogP contribution in [-0.4, -0.2) is 77.4 Å². The molecule has 41 heavy (non-hydrogen) atoms. The highest BCUT2D eigenvalue weighted by molar-refractivity contribution is 5.95. The average molecular weight is 574 g/mol. The van der Waals surface area contributed by atoms with Crippen LogP contribution in [0, 0.1) is 28.6 Å². The molecule has 0 aromatic carbocycles. The number of fused-ring (bicyclic) bond motifs is 5. The van der Waals surface area contributed by atoms with E-state index in [1.165, 1.54) is 0 Å². The van der Waals surface area contributed by atoms with Gasteiger partial charge in [-0.2, -0.15) is 0 Å². The summed E-state index contributed by atoms with van der Waals surface area (Å²) in [5.41, 5.74) is -4.41. The number of H-pyrrole nitrogens is 1. The van der Waals surface area contributed by atoms with Crippen molar-refractivity contribution in [3.63, 3.8) is 0 Å². The number of carbonyl (C=O) groups excluding carboxylic acids is 2. The Morgan fingerprint density at radius 3 is 2.46 bits per heavy atom. The van der Waals surface area contributed by atoms with Crippen LogP contribution in [0.3, 0.4) is 0 Å². The van der Waals surface area contributed by atoms with Gasteiger partial charge in [0.1, 0.15) is 17.4 Å². The summed E-state index contributed by atoms with van der Waals surface area (Å²) < 4.78 is 5.92. The van der Waals surface area contributed by atoms with Crippen LogP contribution in [0.1, 0.15) is 96.5 Å². The molecule has 1 aromatic heterocycles. The molecule has 0 bridgehead atoms. The highest BCUT2D eigenvalue weighted by Gasteiger charge is 2.69. The van der Waals surface area contributed by atoms with E-state index in [2.05, 4.69) is 4.98 Å². The van der Waals surface area contributed by atoms with Crippen molar-refractivity contribution in [2.24, 2.45) is 28.6 Å². The van der Waals surface area contributed by atoms with Crippen molar-refractivity contribution < 1.29 is 39.9 Å². The van der Waals surface area contributed by atoms with Gasteiger partial charge in [0.05, 0.1) is 23.4 Å². The predicted octanol–water partition coefficient (Wildman–Crippen LogP) is 3.05. The van der Waals surface area contributed by atoms with Crippen LogP contribution in [-0.2, 0) is 9.53 Å². The lowest BCUT2D eigenvalue weighted by molar-refractivity contribution is -0.177. The van der Waals surface area contributed by atoms with Crippen LogP contribution in [0.4, 0.5) is 0 Å². The van der Waals surface area contributed by atoms with Crippen molar-refractivity contribution in [1.82, 2.24) is 4.98 Å². The van der Waals surface area contributed by atoms with Crippen molar-refractivity contribution in [2.45, 2.75) is 121 Å². The summed E-state index contributed by atoms with van der Waals surface area (Å²) in [6.07, 6.45) is 3.43. The van der Waals surface area contributed by atoms with Crippen LogP contribution in [0.15, 0.2) is 30.0 Å². The van der Waals surface area contributed by atoms with Gasteiger partial charge in [0.15, 0.2) is 5.78 Å². The number of hydrogen-bond acceptors (Lipinski definition) is 8. The number of nitrogens with one attached hydrogen (secondary N) is 1. The first-order valence-corrected chi connectivity index (χ1v) is 15.1. The van der Waals surface area contributed by atoms with Crippen LogP contribution in [0.5, 0.6) is 0 Å². The highest BCUT2D eigenvalue weighted by atomic mass is 16.6. The summed E-state index contributed by atoms with van der Waals surface area (Å²) in [7, 11) is 0. The number of hydrogen-bond donors (Lipinski definition) is 6. The lowest BCUT2D eigenvalue weighted by atomic mass is 9.45. The van der Waals surface area contributed by atoms with Crippen molar-refractivity contribution in [2.75, 3.05) is 0 Å². The number of esters is 1. The fraction of sp³-hybridized carbons (Fsp3) is 0.750. The first-order chi connectivity index (χ1) is 18.9. The Morgan fingerprint density at radius 1 is 1.12 bits per heavy atom. The van der Waals surface area contributed by atoms with Gasteiger partial charge in [-0.1, -0.05) is 13.8 Å². The van der Waals surface area contributed by atoms with Crippen LogP contribution >= 0.6 is 0 Å². The van der Waals surface area contributed by atoms with E-state index in [-0.39, 0.29) is 43.1 Å². The van der Waals surface area contributed by atoms with E-state index in [4.69, 9.17) is 4.74 Å². The highest BCUT2D eigenvalue weighted by Crippen LogP contribution is 2.68. The predicted molar refractivity (Wildman–Crippen MR) is 151 cm³/mol. The monoisotopic (exact) mass is 573 g/mol. The molecule has 0 spiro atoms. The van der Waals surface area contributed by atoms with Crippen LogP contribution in [0.25, 0.3) is 0 Å². The minimum absolute atomic E-state index is 0.125. The van der Waals surface area contributed by atoms with E-state index in [1.807, 2.05) is 13.8 Å². The number of allylic oxidation sites excluding steroid dienone is 1. The van der Waals surface area contributed by atoms with Gasteiger partial charge in [0.25, 0.3) is 0 Å². The zero-order chi connectivity index (χ0) is 30.2. The number of ether oxygens (including phenoxy) is 1. The maximum atomic E-state index is 13.5. The molecule has 0 unspecified atom stereocenters. The summed E-state index contributed by atoms with van der Waals surface area (Å²) in [5, 5.41) is 56.1. The molecule has 0 aliphatic heterocycles. The molecule has 5 rings (SSSR count). The number of aromatic amines is 1. The summed E-state index contributed by atoms with van der Waals surface area (Å²) in [5.74, 6) is -1.74. The zero-order valence-electron chi connectivity index (χ0n) is 24.9. The van der Waals surface area contributed by atoms with Gasteiger partial charge in [0.2, 0.25) is 0 Å². The quantitative estimate of drug-likeness (QED) is 0.272. The second-order valence-electron chi connectivity index (χ2n) is 14.6. The molecule has 1 aromatic rings. The smallest absolute Gasteiger partial charge is 0.355 e. The molecule has 9 heteroatoms. The number of rotatable bonds is 7. The second kappa shape index (κ2) is 10.0. The average Bonchev–Trinajstić information content (AvgIpc) is 3.50. The van der Waals surface area contributed by atoms with Gasteiger partial charge in [-0.3, -0.25) is 4.79 Å². The topological polar surface area (TPSA) is 160 Å². The van der Waals surface area contributed by atoms with E-state index < -0.39 is 63.8 Å². The molecule has 4 aliphatic rings. The maximum absolute atomic E-state index is 13.5.